The molecule has 1 unspecified atom stereocenters. The third-order valence-electron chi connectivity index (χ3n) is 2.57. The topological polar surface area (TPSA) is 44.5 Å². The first kappa shape index (κ1) is 15.9. The lowest BCUT2D eigenvalue weighted by Gasteiger charge is -2.14. The van der Waals surface area contributed by atoms with Gasteiger partial charge < -0.3 is 15.2 Å². The van der Waals surface area contributed by atoms with E-state index in [1.807, 2.05) is 12.1 Å². The maximum atomic E-state index is 11.9. The number of halogens is 3. The van der Waals surface area contributed by atoms with Gasteiger partial charge in [0.25, 0.3) is 0 Å². The molecule has 2 N–H and O–H groups in total. The molecular weight excluding hydrogens is 259 g/mol. The van der Waals surface area contributed by atoms with Crippen LogP contribution in [0.4, 0.5) is 13.2 Å². The molecule has 0 saturated heterocycles. The van der Waals surface area contributed by atoms with Gasteiger partial charge in [-0.2, -0.15) is 13.2 Å². The molecule has 0 heterocycles. The standard InChI is InChI=1S/C13H18F3NO2/c1-18-7-6-10-2-4-11(5-3-10)12(17)8-19-9-13(14,15)16/h2-5,12H,6-9,17H2,1H3. The first-order valence-electron chi connectivity index (χ1n) is 5.90. The molecule has 0 fully saturated rings. The highest BCUT2D eigenvalue weighted by Crippen LogP contribution is 2.17. The minimum atomic E-state index is -4.32. The van der Waals surface area contributed by atoms with E-state index in [0.29, 0.717) is 6.61 Å². The summed E-state index contributed by atoms with van der Waals surface area (Å²) in [6.07, 6.45) is -3.53. The Kier molecular flexibility index (Phi) is 6.27. The highest BCUT2D eigenvalue weighted by molar-refractivity contribution is 5.25. The summed E-state index contributed by atoms with van der Waals surface area (Å²) in [4.78, 5) is 0. The number of hydrogen-bond donors (Lipinski definition) is 1. The van der Waals surface area contributed by atoms with E-state index in [1.165, 1.54) is 0 Å². The van der Waals surface area contributed by atoms with E-state index >= 15 is 0 Å². The maximum absolute atomic E-state index is 11.9. The largest absolute Gasteiger partial charge is 0.411 e. The predicted octanol–water partition coefficient (Wildman–Crippen LogP) is 2.45. The molecule has 108 valence electrons. The Morgan fingerprint density at radius 2 is 1.84 bits per heavy atom. The van der Waals surface area contributed by atoms with E-state index in [4.69, 9.17) is 10.5 Å². The van der Waals surface area contributed by atoms with Crippen LogP contribution in [-0.2, 0) is 15.9 Å². The average Bonchev–Trinajstić information content (AvgIpc) is 2.35. The highest BCUT2D eigenvalue weighted by Gasteiger charge is 2.27. The summed E-state index contributed by atoms with van der Waals surface area (Å²) in [6, 6.07) is 6.81. The quantitative estimate of drug-likeness (QED) is 0.832. The molecule has 0 bridgehead atoms. The summed E-state index contributed by atoms with van der Waals surface area (Å²) in [7, 11) is 1.63. The summed E-state index contributed by atoms with van der Waals surface area (Å²) in [6.45, 7) is -0.802. The zero-order chi connectivity index (χ0) is 14.3. The molecule has 0 saturated carbocycles. The molecule has 0 aliphatic rings. The van der Waals surface area contributed by atoms with Crippen LogP contribution in [0, 0.1) is 0 Å². The van der Waals surface area contributed by atoms with Gasteiger partial charge in [-0.15, -0.1) is 0 Å². The van der Waals surface area contributed by atoms with Gasteiger partial charge in [-0.3, -0.25) is 0 Å². The molecule has 19 heavy (non-hydrogen) atoms. The Bertz CT molecular complexity index is 365. The van der Waals surface area contributed by atoms with Gasteiger partial charge in [0.15, 0.2) is 0 Å². The van der Waals surface area contributed by atoms with Gasteiger partial charge in [0.2, 0.25) is 0 Å². The molecular formula is C13H18F3NO2. The summed E-state index contributed by atoms with van der Waals surface area (Å²) >= 11 is 0. The highest BCUT2D eigenvalue weighted by atomic mass is 19.4. The molecule has 0 radical (unpaired) electrons. The van der Waals surface area contributed by atoms with Crippen LogP contribution < -0.4 is 5.73 Å². The van der Waals surface area contributed by atoms with Crippen LogP contribution in [0.3, 0.4) is 0 Å². The Labute approximate surface area is 110 Å². The molecule has 1 atom stereocenters. The van der Waals surface area contributed by atoms with Crippen molar-refractivity contribution in [3.8, 4) is 0 Å². The van der Waals surface area contributed by atoms with Gasteiger partial charge in [-0.1, -0.05) is 24.3 Å². The van der Waals surface area contributed by atoms with Gasteiger partial charge in [0, 0.05) is 7.11 Å². The van der Waals surface area contributed by atoms with Gasteiger partial charge in [0.05, 0.1) is 19.3 Å². The zero-order valence-electron chi connectivity index (χ0n) is 10.7. The number of ether oxygens (including phenoxy) is 2. The van der Waals surface area contributed by atoms with E-state index in [0.717, 1.165) is 17.5 Å². The van der Waals surface area contributed by atoms with E-state index in [-0.39, 0.29) is 6.61 Å². The van der Waals surface area contributed by atoms with E-state index in [9.17, 15) is 13.2 Å². The van der Waals surface area contributed by atoms with Crippen LogP contribution in [0.1, 0.15) is 17.2 Å². The third-order valence-corrected chi connectivity index (χ3v) is 2.57. The Morgan fingerprint density at radius 1 is 1.21 bits per heavy atom. The number of alkyl halides is 3. The summed E-state index contributed by atoms with van der Waals surface area (Å²) < 4.78 is 45.2. The number of hydrogen-bond acceptors (Lipinski definition) is 3. The van der Waals surface area contributed by atoms with Crippen molar-refractivity contribution in [2.75, 3.05) is 26.9 Å². The third kappa shape index (κ3) is 6.56. The predicted molar refractivity (Wildman–Crippen MR) is 65.8 cm³/mol. The van der Waals surface area contributed by atoms with Crippen molar-refractivity contribution >= 4 is 0 Å². The van der Waals surface area contributed by atoms with Gasteiger partial charge >= 0.3 is 6.18 Å². The SMILES string of the molecule is COCCc1ccc(C(N)COCC(F)(F)F)cc1. The van der Waals surface area contributed by atoms with E-state index in [1.54, 1.807) is 19.2 Å². The van der Waals surface area contributed by atoms with E-state index in [2.05, 4.69) is 4.74 Å². The molecule has 0 aromatic heterocycles. The molecule has 1 aromatic carbocycles. The lowest BCUT2D eigenvalue weighted by atomic mass is 10.0. The van der Waals surface area contributed by atoms with Gasteiger partial charge in [0.1, 0.15) is 6.61 Å². The number of methoxy groups -OCH3 is 1. The minimum absolute atomic E-state index is 0.156. The van der Waals surface area contributed by atoms with Crippen molar-refractivity contribution in [2.45, 2.75) is 18.6 Å². The van der Waals surface area contributed by atoms with Crippen molar-refractivity contribution in [3.63, 3.8) is 0 Å². The van der Waals surface area contributed by atoms with Crippen LogP contribution in [0.2, 0.25) is 0 Å². The van der Waals surface area contributed by atoms with Gasteiger partial charge in [-0.25, -0.2) is 0 Å². The van der Waals surface area contributed by atoms with Crippen molar-refractivity contribution in [2.24, 2.45) is 5.73 Å². The van der Waals surface area contributed by atoms with Crippen molar-refractivity contribution < 1.29 is 22.6 Å². The number of nitrogens with two attached hydrogens (primary N) is 1. The molecule has 0 spiro atoms. The molecule has 0 aliphatic carbocycles. The monoisotopic (exact) mass is 277 g/mol. The number of benzene rings is 1. The van der Waals surface area contributed by atoms with Crippen LogP contribution in [0.5, 0.6) is 0 Å². The fourth-order valence-corrected chi connectivity index (χ4v) is 1.55. The fraction of sp³-hybridized carbons (Fsp3) is 0.538. The first-order valence-corrected chi connectivity index (χ1v) is 5.90. The second-order valence-electron chi connectivity index (χ2n) is 4.22. The maximum Gasteiger partial charge on any atom is 0.411 e. The summed E-state index contributed by atoms with van der Waals surface area (Å²) in [5, 5.41) is 0. The van der Waals surface area contributed by atoms with Crippen molar-refractivity contribution in [1.82, 2.24) is 0 Å². The average molecular weight is 277 g/mol. The molecule has 3 nitrogen and oxygen atoms in total. The lowest BCUT2D eigenvalue weighted by Crippen LogP contribution is -2.23. The molecule has 6 heteroatoms. The van der Waals surface area contributed by atoms with Crippen LogP contribution in [-0.4, -0.2) is 33.1 Å². The molecule has 0 aliphatic heterocycles. The Morgan fingerprint density at radius 3 is 2.37 bits per heavy atom. The van der Waals surface area contributed by atoms with Crippen LogP contribution >= 0.6 is 0 Å². The van der Waals surface area contributed by atoms with Gasteiger partial charge in [-0.05, 0) is 17.5 Å². The number of rotatable bonds is 7. The smallest absolute Gasteiger partial charge is 0.384 e. The van der Waals surface area contributed by atoms with Crippen molar-refractivity contribution in [3.05, 3.63) is 35.4 Å². The first-order chi connectivity index (χ1) is 8.92. The van der Waals surface area contributed by atoms with E-state index < -0.39 is 18.8 Å². The minimum Gasteiger partial charge on any atom is -0.384 e. The second kappa shape index (κ2) is 7.47. The molecule has 1 aromatic rings. The zero-order valence-corrected chi connectivity index (χ0v) is 10.7. The van der Waals surface area contributed by atoms with Crippen molar-refractivity contribution in [1.29, 1.82) is 0 Å². The molecule has 0 amide bonds. The molecule has 1 rings (SSSR count). The normalized spacial score (nSPS) is 13.5. The van der Waals surface area contributed by atoms with Crippen LogP contribution in [0.25, 0.3) is 0 Å². The fourth-order valence-electron chi connectivity index (χ4n) is 1.55. The summed E-state index contributed by atoms with van der Waals surface area (Å²) in [5.74, 6) is 0. The Hall–Kier alpha value is -1.11. The van der Waals surface area contributed by atoms with Crippen LogP contribution in [0.15, 0.2) is 24.3 Å². The second-order valence-corrected chi connectivity index (χ2v) is 4.22. The summed E-state index contributed by atoms with van der Waals surface area (Å²) in [5.41, 5.74) is 7.60. The Balaban J connectivity index is 2.42. The lowest BCUT2D eigenvalue weighted by molar-refractivity contribution is -0.174.